The average Bonchev–Trinajstić information content (AvgIpc) is 2.40. The number of amides is 1. The summed E-state index contributed by atoms with van der Waals surface area (Å²) in [6, 6.07) is 10.5. The van der Waals surface area contributed by atoms with Crippen LogP contribution in [0, 0.1) is 11.3 Å². The number of carbonyl (C=O) groups excluding carboxylic acids is 1. The number of pyridine rings is 2. The van der Waals surface area contributed by atoms with Crippen LogP contribution in [-0.4, -0.2) is 15.9 Å². The van der Waals surface area contributed by atoms with Crippen molar-refractivity contribution in [3.05, 3.63) is 54.0 Å². The second kappa shape index (κ2) is 5.55. The van der Waals surface area contributed by atoms with Crippen LogP contribution in [0.2, 0.25) is 0 Å². The van der Waals surface area contributed by atoms with Gasteiger partial charge >= 0.3 is 0 Å². The number of hydrogen-bond donors (Lipinski definition) is 1. The van der Waals surface area contributed by atoms with Crippen molar-refractivity contribution in [1.82, 2.24) is 9.97 Å². The van der Waals surface area contributed by atoms with E-state index in [9.17, 15) is 4.79 Å². The molecule has 0 spiro atoms. The van der Waals surface area contributed by atoms with E-state index in [2.05, 4.69) is 15.3 Å². The van der Waals surface area contributed by atoms with Gasteiger partial charge in [-0.25, -0.2) is 4.98 Å². The first-order chi connectivity index (χ1) is 8.79. The van der Waals surface area contributed by atoms with Crippen LogP contribution < -0.4 is 5.32 Å². The Morgan fingerprint density at radius 3 is 2.89 bits per heavy atom. The fourth-order valence-electron chi connectivity index (χ4n) is 1.42. The molecule has 0 radical (unpaired) electrons. The van der Waals surface area contributed by atoms with Gasteiger partial charge in [-0.05, 0) is 24.3 Å². The predicted octanol–water partition coefficient (Wildman–Crippen LogP) is 1.79. The number of carbonyl (C=O) groups is 1. The van der Waals surface area contributed by atoms with E-state index >= 15 is 0 Å². The maximum atomic E-state index is 11.9. The second-order valence-electron chi connectivity index (χ2n) is 3.54. The van der Waals surface area contributed by atoms with Crippen molar-refractivity contribution < 1.29 is 4.79 Å². The van der Waals surface area contributed by atoms with E-state index in [0.717, 1.165) is 0 Å². The molecule has 2 aromatic rings. The van der Waals surface area contributed by atoms with Crippen LogP contribution in [0.4, 0.5) is 5.82 Å². The van der Waals surface area contributed by atoms with E-state index in [-0.39, 0.29) is 12.3 Å². The van der Waals surface area contributed by atoms with E-state index in [4.69, 9.17) is 5.26 Å². The van der Waals surface area contributed by atoms with E-state index < -0.39 is 0 Å². The number of hydrogen-bond acceptors (Lipinski definition) is 4. The zero-order valence-corrected chi connectivity index (χ0v) is 9.50. The quantitative estimate of drug-likeness (QED) is 0.884. The third kappa shape index (κ3) is 2.89. The molecule has 2 rings (SSSR count). The molecule has 88 valence electrons. The van der Waals surface area contributed by atoms with Crippen molar-refractivity contribution in [3.63, 3.8) is 0 Å². The largest absolute Gasteiger partial charge is 0.307 e. The van der Waals surface area contributed by atoms with Gasteiger partial charge in [-0.2, -0.15) is 5.26 Å². The summed E-state index contributed by atoms with van der Waals surface area (Å²) in [5.41, 5.74) is 1.03. The fourth-order valence-corrected chi connectivity index (χ4v) is 1.42. The smallest absolute Gasteiger partial charge is 0.256 e. The van der Waals surface area contributed by atoms with Crippen molar-refractivity contribution in [2.24, 2.45) is 0 Å². The molecule has 0 fully saturated rings. The number of rotatable bonds is 3. The molecule has 1 N–H and O–H groups in total. The Labute approximate surface area is 104 Å². The molecule has 0 aliphatic heterocycles. The standard InChI is InChI=1S/C13H10N4O/c14-6-4-11-9-10(5-8-15-11)13(18)17-12-3-1-2-7-16-12/h1-3,5,7-9H,4H2,(H,16,17,18). The molecule has 5 nitrogen and oxygen atoms in total. The number of nitrogens with one attached hydrogen (secondary N) is 1. The zero-order chi connectivity index (χ0) is 12.8. The molecule has 0 aromatic carbocycles. The highest BCUT2D eigenvalue weighted by Gasteiger charge is 2.07. The van der Waals surface area contributed by atoms with Crippen LogP contribution in [0.25, 0.3) is 0 Å². The van der Waals surface area contributed by atoms with Crippen molar-refractivity contribution >= 4 is 11.7 Å². The molecular weight excluding hydrogens is 228 g/mol. The molecule has 0 saturated carbocycles. The van der Waals surface area contributed by atoms with Crippen molar-refractivity contribution in [2.45, 2.75) is 6.42 Å². The van der Waals surface area contributed by atoms with Gasteiger partial charge in [0.2, 0.25) is 0 Å². The van der Waals surface area contributed by atoms with Gasteiger partial charge in [-0.1, -0.05) is 6.07 Å². The summed E-state index contributed by atoms with van der Waals surface area (Å²) in [5.74, 6) is 0.219. The number of anilines is 1. The first-order valence-corrected chi connectivity index (χ1v) is 5.34. The van der Waals surface area contributed by atoms with Crippen molar-refractivity contribution in [2.75, 3.05) is 5.32 Å². The average molecular weight is 238 g/mol. The topological polar surface area (TPSA) is 78.7 Å². The minimum absolute atomic E-state index is 0.185. The Morgan fingerprint density at radius 1 is 1.28 bits per heavy atom. The second-order valence-corrected chi connectivity index (χ2v) is 3.54. The van der Waals surface area contributed by atoms with Crippen LogP contribution in [0.15, 0.2) is 42.7 Å². The van der Waals surface area contributed by atoms with Gasteiger partial charge < -0.3 is 5.32 Å². The Bertz CT molecular complexity index is 589. The van der Waals surface area contributed by atoms with E-state index in [1.165, 1.54) is 6.20 Å². The maximum absolute atomic E-state index is 11.9. The highest BCUT2D eigenvalue weighted by atomic mass is 16.1. The zero-order valence-electron chi connectivity index (χ0n) is 9.50. The first kappa shape index (κ1) is 11.7. The minimum Gasteiger partial charge on any atom is -0.307 e. The molecule has 2 heterocycles. The molecule has 0 bridgehead atoms. The van der Waals surface area contributed by atoms with Crippen molar-refractivity contribution in [1.29, 1.82) is 5.26 Å². The first-order valence-electron chi connectivity index (χ1n) is 5.34. The van der Waals surface area contributed by atoms with E-state index in [1.807, 2.05) is 6.07 Å². The van der Waals surface area contributed by atoms with Gasteiger partial charge in [0.05, 0.1) is 18.2 Å². The van der Waals surface area contributed by atoms with Gasteiger partial charge in [0, 0.05) is 18.0 Å². The van der Waals surface area contributed by atoms with Crippen LogP contribution >= 0.6 is 0 Å². The molecular formula is C13H10N4O. The van der Waals surface area contributed by atoms with Crippen LogP contribution in [-0.2, 0) is 6.42 Å². The van der Waals surface area contributed by atoms with Gasteiger partial charge in [-0.3, -0.25) is 9.78 Å². The number of aromatic nitrogens is 2. The summed E-state index contributed by atoms with van der Waals surface area (Å²) in [5, 5.41) is 11.3. The van der Waals surface area contributed by atoms with Crippen molar-refractivity contribution in [3.8, 4) is 6.07 Å². The monoisotopic (exact) mass is 238 g/mol. The third-order valence-corrected chi connectivity index (χ3v) is 2.25. The molecule has 2 aromatic heterocycles. The molecule has 1 amide bonds. The molecule has 0 saturated heterocycles. The molecule has 0 atom stereocenters. The molecule has 5 heteroatoms. The van der Waals surface area contributed by atoms with E-state index in [1.54, 1.807) is 36.5 Å². The summed E-state index contributed by atoms with van der Waals surface area (Å²) in [4.78, 5) is 19.9. The summed E-state index contributed by atoms with van der Waals surface area (Å²) in [7, 11) is 0. The molecule has 0 unspecified atom stereocenters. The predicted molar refractivity (Wildman–Crippen MR) is 65.7 cm³/mol. The molecule has 18 heavy (non-hydrogen) atoms. The Hall–Kier alpha value is -2.74. The van der Waals surface area contributed by atoms with Crippen LogP contribution in [0.1, 0.15) is 16.1 Å². The Balaban J connectivity index is 2.14. The number of nitrogens with zero attached hydrogens (tertiary/aromatic N) is 3. The normalized spacial score (nSPS) is 9.50. The van der Waals surface area contributed by atoms with Gasteiger partial charge in [0.25, 0.3) is 5.91 Å². The highest BCUT2D eigenvalue weighted by molar-refractivity contribution is 6.03. The Kier molecular flexibility index (Phi) is 3.62. The Morgan fingerprint density at radius 2 is 2.17 bits per heavy atom. The summed E-state index contributed by atoms with van der Waals surface area (Å²) < 4.78 is 0. The van der Waals surface area contributed by atoms with Gasteiger partial charge in [0.15, 0.2) is 0 Å². The summed E-state index contributed by atoms with van der Waals surface area (Å²) in [6.07, 6.45) is 3.30. The lowest BCUT2D eigenvalue weighted by molar-refractivity contribution is 0.102. The SMILES string of the molecule is N#CCc1cc(C(=O)Nc2ccccn2)ccn1. The molecule has 0 aliphatic rings. The molecule has 0 aliphatic carbocycles. The lowest BCUT2D eigenvalue weighted by Gasteiger charge is -2.04. The summed E-state index contributed by atoms with van der Waals surface area (Å²) in [6.45, 7) is 0. The highest BCUT2D eigenvalue weighted by Crippen LogP contribution is 2.07. The van der Waals surface area contributed by atoms with Crippen LogP contribution in [0.5, 0.6) is 0 Å². The number of nitriles is 1. The fraction of sp³-hybridized carbons (Fsp3) is 0.0769. The summed E-state index contributed by atoms with van der Waals surface area (Å²) >= 11 is 0. The maximum Gasteiger partial charge on any atom is 0.256 e. The van der Waals surface area contributed by atoms with Gasteiger partial charge in [0.1, 0.15) is 5.82 Å². The van der Waals surface area contributed by atoms with Gasteiger partial charge in [-0.15, -0.1) is 0 Å². The lowest BCUT2D eigenvalue weighted by Crippen LogP contribution is -2.13. The third-order valence-electron chi connectivity index (χ3n) is 2.25. The van der Waals surface area contributed by atoms with E-state index in [0.29, 0.717) is 17.1 Å². The lowest BCUT2D eigenvalue weighted by atomic mass is 10.2. The van der Waals surface area contributed by atoms with Crippen LogP contribution in [0.3, 0.4) is 0 Å². The minimum atomic E-state index is -0.268.